The summed E-state index contributed by atoms with van der Waals surface area (Å²) in [5.74, 6) is -2.87. The molecule has 1 aliphatic rings. The maximum Gasteiger partial charge on any atom is 0.464 e. The summed E-state index contributed by atoms with van der Waals surface area (Å²) in [4.78, 5) is 0. The standard InChI is InChI=1S/C4H7BF2O2/c1-3(5(8)9)2-4(3,6)7/h8-9H,2H2,1H3. The van der Waals surface area contributed by atoms with Gasteiger partial charge in [0.25, 0.3) is 5.92 Å². The third-order valence-electron chi connectivity index (χ3n) is 1.87. The van der Waals surface area contributed by atoms with E-state index in [0.29, 0.717) is 0 Å². The van der Waals surface area contributed by atoms with Crippen LogP contribution in [0.5, 0.6) is 0 Å². The van der Waals surface area contributed by atoms with Crippen LogP contribution in [0.2, 0.25) is 5.31 Å². The van der Waals surface area contributed by atoms with Crippen molar-refractivity contribution in [3.63, 3.8) is 0 Å². The zero-order chi connectivity index (χ0) is 7.28. The van der Waals surface area contributed by atoms with Crippen LogP contribution in [-0.2, 0) is 0 Å². The molecule has 1 aliphatic carbocycles. The quantitative estimate of drug-likeness (QED) is 0.507. The lowest BCUT2D eigenvalue weighted by Crippen LogP contribution is -2.23. The summed E-state index contributed by atoms with van der Waals surface area (Å²) >= 11 is 0. The SMILES string of the molecule is CC1(B(O)O)CC1(F)F. The van der Waals surface area contributed by atoms with Gasteiger partial charge in [-0.2, -0.15) is 0 Å². The molecule has 0 amide bonds. The van der Waals surface area contributed by atoms with Crippen LogP contribution in [0, 0.1) is 0 Å². The van der Waals surface area contributed by atoms with Gasteiger partial charge in [-0.1, -0.05) is 6.92 Å². The zero-order valence-corrected chi connectivity index (χ0v) is 4.93. The van der Waals surface area contributed by atoms with E-state index in [9.17, 15) is 8.78 Å². The van der Waals surface area contributed by atoms with E-state index in [-0.39, 0.29) is 0 Å². The largest absolute Gasteiger partial charge is 0.464 e. The van der Waals surface area contributed by atoms with E-state index < -0.39 is 24.8 Å². The van der Waals surface area contributed by atoms with Crippen molar-refractivity contribution < 1.29 is 18.8 Å². The average molecular weight is 136 g/mol. The molecule has 1 atom stereocenters. The Labute approximate surface area is 51.6 Å². The first-order valence-corrected chi connectivity index (χ1v) is 2.64. The summed E-state index contributed by atoms with van der Waals surface area (Å²) in [5.41, 5.74) is 0. The number of hydrogen-bond donors (Lipinski definition) is 2. The molecule has 1 fully saturated rings. The molecule has 2 nitrogen and oxygen atoms in total. The molecule has 0 heterocycles. The van der Waals surface area contributed by atoms with Gasteiger partial charge in [0.1, 0.15) is 0 Å². The topological polar surface area (TPSA) is 40.5 Å². The fourth-order valence-electron chi connectivity index (χ4n) is 0.697. The third-order valence-corrected chi connectivity index (χ3v) is 1.87. The molecule has 1 rings (SSSR count). The molecule has 9 heavy (non-hydrogen) atoms. The maximum absolute atomic E-state index is 12.1. The molecule has 0 aromatic rings. The number of rotatable bonds is 1. The lowest BCUT2D eigenvalue weighted by molar-refractivity contribution is 0.0984. The van der Waals surface area contributed by atoms with Gasteiger partial charge in [-0.25, -0.2) is 8.78 Å². The Morgan fingerprint density at radius 3 is 1.78 bits per heavy atom. The second-order valence-corrected chi connectivity index (χ2v) is 2.67. The molecule has 0 bridgehead atoms. The van der Waals surface area contributed by atoms with E-state index in [4.69, 9.17) is 10.0 Å². The van der Waals surface area contributed by atoms with Crippen molar-refractivity contribution in [1.29, 1.82) is 0 Å². The molecule has 1 saturated carbocycles. The lowest BCUT2D eigenvalue weighted by Gasteiger charge is -2.05. The van der Waals surface area contributed by atoms with Gasteiger partial charge in [-0.05, 0) is 0 Å². The summed E-state index contributed by atoms with van der Waals surface area (Å²) in [5, 5.41) is 15.1. The minimum Gasteiger partial charge on any atom is -0.427 e. The van der Waals surface area contributed by atoms with Crippen molar-refractivity contribution in [1.82, 2.24) is 0 Å². The highest BCUT2D eigenvalue weighted by Crippen LogP contribution is 2.67. The van der Waals surface area contributed by atoms with Gasteiger partial charge in [0, 0.05) is 6.42 Å². The summed E-state index contributed by atoms with van der Waals surface area (Å²) < 4.78 is 24.2. The van der Waals surface area contributed by atoms with Crippen LogP contribution in [0.1, 0.15) is 13.3 Å². The van der Waals surface area contributed by atoms with Crippen molar-refractivity contribution in [2.45, 2.75) is 24.6 Å². The molecule has 1 unspecified atom stereocenters. The van der Waals surface area contributed by atoms with Gasteiger partial charge in [-0.3, -0.25) is 0 Å². The third kappa shape index (κ3) is 0.755. The summed E-state index contributed by atoms with van der Waals surface area (Å²) in [6.45, 7) is 1.15. The predicted molar refractivity (Wildman–Crippen MR) is 28.1 cm³/mol. The van der Waals surface area contributed by atoms with Crippen LogP contribution in [0.15, 0.2) is 0 Å². The second kappa shape index (κ2) is 1.46. The van der Waals surface area contributed by atoms with Crippen molar-refractivity contribution in [3.05, 3.63) is 0 Å². The molecule has 0 spiro atoms. The molecule has 2 N–H and O–H groups in total. The smallest absolute Gasteiger partial charge is 0.427 e. The molecule has 5 heteroatoms. The number of halogens is 2. The van der Waals surface area contributed by atoms with Crippen LogP contribution in [0.3, 0.4) is 0 Å². The Morgan fingerprint density at radius 2 is 1.78 bits per heavy atom. The summed E-state index contributed by atoms with van der Waals surface area (Å²) in [6, 6.07) is 0. The van der Waals surface area contributed by atoms with E-state index in [0.717, 1.165) is 6.92 Å². The Balaban J connectivity index is 2.63. The summed E-state index contributed by atoms with van der Waals surface area (Å²) in [6.07, 6.45) is -0.419. The van der Waals surface area contributed by atoms with E-state index in [1.165, 1.54) is 0 Å². The predicted octanol–water partition coefficient (Wildman–Crippen LogP) is 0.259. The fourth-order valence-corrected chi connectivity index (χ4v) is 0.697. The van der Waals surface area contributed by atoms with Gasteiger partial charge >= 0.3 is 7.12 Å². The second-order valence-electron chi connectivity index (χ2n) is 2.67. The van der Waals surface area contributed by atoms with Crippen molar-refractivity contribution >= 4 is 7.12 Å². The Bertz CT molecular complexity index is 139. The van der Waals surface area contributed by atoms with Gasteiger partial charge in [-0.15, -0.1) is 0 Å². The fraction of sp³-hybridized carbons (Fsp3) is 1.00. The van der Waals surface area contributed by atoms with Gasteiger partial charge < -0.3 is 10.0 Å². The number of alkyl halides is 2. The van der Waals surface area contributed by atoms with E-state index in [1.807, 2.05) is 0 Å². The maximum atomic E-state index is 12.1. The highest BCUT2D eigenvalue weighted by molar-refractivity contribution is 6.47. The Morgan fingerprint density at radius 1 is 1.44 bits per heavy atom. The Hall–Kier alpha value is -0.155. The lowest BCUT2D eigenvalue weighted by atomic mass is 9.70. The van der Waals surface area contributed by atoms with Crippen LogP contribution < -0.4 is 0 Å². The van der Waals surface area contributed by atoms with Crippen molar-refractivity contribution in [2.24, 2.45) is 0 Å². The van der Waals surface area contributed by atoms with Gasteiger partial charge in [0.2, 0.25) is 0 Å². The zero-order valence-electron chi connectivity index (χ0n) is 4.93. The van der Waals surface area contributed by atoms with Gasteiger partial charge in [0.05, 0.1) is 5.31 Å². The molecule has 0 radical (unpaired) electrons. The Kier molecular flexibility index (Phi) is 1.13. The van der Waals surface area contributed by atoms with Crippen molar-refractivity contribution in [2.75, 3.05) is 0 Å². The van der Waals surface area contributed by atoms with Gasteiger partial charge in [0.15, 0.2) is 0 Å². The molecule has 0 aromatic heterocycles. The average Bonchev–Trinajstić information content (AvgIpc) is 2.08. The van der Waals surface area contributed by atoms with E-state index in [1.54, 1.807) is 0 Å². The van der Waals surface area contributed by atoms with E-state index in [2.05, 4.69) is 0 Å². The molecule has 0 aliphatic heterocycles. The first-order chi connectivity index (χ1) is 3.90. The monoisotopic (exact) mass is 136 g/mol. The molecule has 52 valence electrons. The highest BCUT2D eigenvalue weighted by Gasteiger charge is 2.73. The summed E-state index contributed by atoms with van der Waals surface area (Å²) in [7, 11) is -1.90. The molecular weight excluding hydrogens is 129 g/mol. The first kappa shape index (κ1) is 6.96. The highest BCUT2D eigenvalue weighted by atomic mass is 19.3. The molecular formula is C4H7BF2O2. The first-order valence-electron chi connectivity index (χ1n) is 2.64. The number of hydrogen-bond acceptors (Lipinski definition) is 2. The van der Waals surface area contributed by atoms with Crippen LogP contribution in [0.25, 0.3) is 0 Å². The van der Waals surface area contributed by atoms with Crippen molar-refractivity contribution in [3.8, 4) is 0 Å². The minimum absolute atomic E-state index is 0.419. The van der Waals surface area contributed by atoms with Crippen LogP contribution in [0.4, 0.5) is 8.78 Å². The molecule has 0 saturated heterocycles. The van der Waals surface area contributed by atoms with Crippen LogP contribution >= 0.6 is 0 Å². The minimum atomic E-state index is -2.87. The van der Waals surface area contributed by atoms with E-state index >= 15 is 0 Å². The molecule has 0 aromatic carbocycles. The van der Waals surface area contributed by atoms with Crippen LogP contribution in [-0.4, -0.2) is 23.1 Å². The normalized spacial score (nSPS) is 38.3.